The number of ether oxygens (including phenoxy) is 1. The zero-order chi connectivity index (χ0) is 13.7. The summed E-state index contributed by atoms with van der Waals surface area (Å²) in [5.41, 5.74) is 0.806. The van der Waals surface area contributed by atoms with Gasteiger partial charge in [0.2, 0.25) is 5.91 Å². The van der Waals surface area contributed by atoms with Crippen molar-refractivity contribution in [3.05, 3.63) is 29.8 Å². The number of carbonyl (C=O) groups excluding carboxylic acids is 1. The summed E-state index contributed by atoms with van der Waals surface area (Å²) < 4.78 is 5.19. The molecule has 1 amide bonds. The standard InChI is InChI=1S/C16H23NO2/c1-3-12-17-15(18)16(10-4-5-11-16)13-6-8-14(19-2)9-7-13/h6-9H,3-5,10-12H2,1-2H3,(H,17,18). The molecule has 0 aromatic heterocycles. The van der Waals surface area contributed by atoms with Crippen LogP contribution in [0.15, 0.2) is 24.3 Å². The monoisotopic (exact) mass is 261 g/mol. The first-order valence-electron chi connectivity index (χ1n) is 7.16. The van der Waals surface area contributed by atoms with Gasteiger partial charge in [-0.3, -0.25) is 4.79 Å². The second-order valence-electron chi connectivity index (χ2n) is 5.27. The molecule has 19 heavy (non-hydrogen) atoms. The van der Waals surface area contributed by atoms with Gasteiger partial charge in [-0.05, 0) is 37.0 Å². The van der Waals surface area contributed by atoms with Crippen LogP contribution >= 0.6 is 0 Å². The van der Waals surface area contributed by atoms with Crippen molar-refractivity contribution in [2.24, 2.45) is 0 Å². The molecular weight excluding hydrogens is 238 g/mol. The van der Waals surface area contributed by atoms with Crippen LogP contribution in [0.4, 0.5) is 0 Å². The van der Waals surface area contributed by atoms with Crippen LogP contribution in [-0.2, 0) is 10.2 Å². The normalized spacial score (nSPS) is 17.2. The van der Waals surface area contributed by atoms with E-state index in [1.54, 1.807) is 7.11 Å². The van der Waals surface area contributed by atoms with Crippen LogP contribution in [0.25, 0.3) is 0 Å². The number of nitrogens with one attached hydrogen (secondary N) is 1. The van der Waals surface area contributed by atoms with Gasteiger partial charge in [0.15, 0.2) is 0 Å². The molecule has 1 aliphatic rings. The molecule has 3 heteroatoms. The lowest BCUT2D eigenvalue weighted by atomic mass is 9.78. The molecule has 0 radical (unpaired) electrons. The summed E-state index contributed by atoms with van der Waals surface area (Å²) in [7, 11) is 1.66. The molecule has 1 fully saturated rings. The lowest BCUT2D eigenvalue weighted by Crippen LogP contribution is -2.42. The van der Waals surface area contributed by atoms with E-state index in [0.29, 0.717) is 0 Å². The second-order valence-corrected chi connectivity index (χ2v) is 5.27. The Morgan fingerprint density at radius 2 is 1.89 bits per heavy atom. The number of benzene rings is 1. The van der Waals surface area contributed by atoms with Crippen molar-refractivity contribution in [1.29, 1.82) is 0 Å². The summed E-state index contributed by atoms with van der Waals surface area (Å²) in [5.74, 6) is 1.03. The Hall–Kier alpha value is -1.51. The SMILES string of the molecule is CCCNC(=O)C1(c2ccc(OC)cc2)CCCC1. The average molecular weight is 261 g/mol. The maximum Gasteiger partial charge on any atom is 0.230 e. The minimum atomic E-state index is -0.318. The predicted octanol–water partition coefficient (Wildman–Crippen LogP) is 3.03. The van der Waals surface area contributed by atoms with Crippen LogP contribution in [0.3, 0.4) is 0 Å². The van der Waals surface area contributed by atoms with E-state index >= 15 is 0 Å². The molecule has 104 valence electrons. The van der Waals surface area contributed by atoms with Gasteiger partial charge in [-0.1, -0.05) is 31.9 Å². The Morgan fingerprint density at radius 3 is 2.42 bits per heavy atom. The van der Waals surface area contributed by atoms with Crippen LogP contribution < -0.4 is 10.1 Å². The summed E-state index contributed by atoms with van der Waals surface area (Å²) in [5, 5.41) is 3.07. The zero-order valence-electron chi connectivity index (χ0n) is 11.9. The Labute approximate surface area is 115 Å². The van der Waals surface area contributed by atoms with Gasteiger partial charge in [-0.15, -0.1) is 0 Å². The molecule has 0 bridgehead atoms. The predicted molar refractivity (Wildman–Crippen MR) is 76.4 cm³/mol. The number of hydrogen-bond donors (Lipinski definition) is 1. The van der Waals surface area contributed by atoms with Gasteiger partial charge in [0.1, 0.15) is 5.75 Å². The second kappa shape index (κ2) is 6.09. The zero-order valence-corrected chi connectivity index (χ0v) is 11.9. The molecular formula is C16H23NO2. The molecule has 0 aliphatic heterocycles. The highest BCUT2D eigenvalue weighted by atomic mass is 16.5. The fourth-order valence-electron chi connectivity index (χ4n) is 2.94. The van der Waals surface area contributed by atoms with Gasteiger partial charge < -0.3 is 10.1 Å². The Morgan fingerprint density at radius 1 is 1.26 bits per heavy atom. The highest BCUT2D eigenvalue weighted by Gasteiger charge is 2.42. The van der Waals surface area contributed by atoms with Crippen LogP contribution in [0.1, 0.15) is 44.6 Å². The summed E-state index contributed by atoms with van der Waals surface area (Å²) in [6.45, 7) is 2.84. The molecule has 0 spiro atoms. The minimum absolute atomic E-state index is 0.192. The van der Waals surface area contributed by atoms with E-state index in [1.807, 2.05) is 24.3 Å². The first-order chi connectivity index (χ1) is 9.23. The summed E-state index contributed by atoms with van der Waals surface area (Å²) in [6.07, 6.45) is 5.14. The molecule has 0 atom stereocenters. The van der Waals surface area contributed by atoms with Crippen molar-refractivity contribution in [3.8, 4) is 5.75 Å². The largest absolute Gasteiger partial charge is 0.497 e. The van der Waals surface area contributed by atoms with E-state index < -0.39 is 0 Å². The highest BCUT2D eigenvalue weighted by molar-refractivity contribution is 5.88. The van der Waals surface area contributed by atoms with Gasteiger partial charge in [0.05, 0.1) is 12.5 Å². The van der Waals surface area contributed by atoms with Crippen LogP contribution in [0, 0.1) is 0 Å². The fraction of sp³-hybridized carbons (Fsp3) is 0.562. The van der Waals surface area contributed by atoms with Crippen LogP contribution in [-0.4, -0.2) is 19.6 Å². The maximum atomic E-state index is 12.5. The number of rotatable bonds is 5. The van der Waals surface area contributed by atoms with E-state index in [1.165, 1.54) is 0 Å². The molecule has 1 N–H and O–H groups in total. The lowest BCUT2D eigenvalue weighted by molar-refractivity contribution is -0.126. The highest BCUT2D eigenvalue weighted by Crippen LogP contribution is 2.41. The summed E-state index contributed by atoms with van der Waals surface area (Å²) in [6, 6.07) is 7.97. The Bertz CT molecular complexity index is 419. The van der Waals surface area contributed by atoms with Gasteiger partial charge in [-0.25, -0.2) is 0 Å². The summed E-state index contributed by atoms with van der Waals surface area (Å²) in [4.78, 5) is 12.5. The molecule has 1 aromatic carbocycles. The van der Waals surface area contributed by atoms with Crippen molar-refractivity contribution in [3.63, 3.8) is 0 Å². The van der Waals surface area contributed by atoms with Crippen LogP contribution in [0.2, 0.25) is 0 Å². The maximum absolute atomic E-state index is 12.5. The molecule has 0 heterocycles. The molecule has 0 saturated heterocycles. The molecule has 2 rings (SSSR count). The first-order valence-corrected chi connectivity index (χ1v) is 7.16. The van der Waals surface area contributed by atoms with Crippen molar-refractivity contribution in [2.45, 2.75) is 44.4 Å². The van der Waals surface area contributed by atoms with Gasteiger partial charge in [0.25, 0.3) is 0 Å². The van der Waals surface area contributed by atoms with Gasteiger partial charge >= 0.3 is 0 Å². The average Bonchev–Trinajstić information content (AvgIpc) is 2.95. The van der Waals surface area contributed by atoms with Crippen molar-refractivity contribution in [2.75, 3.05) is 13.7 Å². The third kappa shape index (κ3) is 2.75. The number of hydrogen-bond acceptors (Lipinski definition) is 2. The van der Waals surface area contributed by atoms with E-state index in [0.717, 1.165) is 50.0 Å². The number of methoxy groups -OCH3 is 1. The Balaban J connectivity index is 2.25. The minimum Gasteiger partial charge on any atom is -0.497 e. The molecule has 1 saturated carbocycles. The van der Waals surface area contributed by atoms with E-state index in [-0.39, 0.29) is 11.3 Å². The lowest BCUT2D eigenvalue weighted by Gasteiger charge is -2.28. The molecule has 1 aromatic rings. The van der Waals surface area contributed by atoms with Crippen molar-refractivity contribution in [1.82, 2.24) is 5.32 Å². The quantitative estimate of drug-likeness (QED) is 0.884. The van der Waals surface area contributed by atoms with Crippen molar-refractivity contribution < 1.29 is 9.53 Å². The topological polar surface area (TPSA) is 38.3 Å². The number of carbonyl (C=O) groups is 1. The van der Waals surface area contributed by atoms with Gasteiger partial charge in [0, 0.05) is 6.54 Å². The van der Waals surface area contributed by atoms with Crippen LogP contribution in [0.5, 0.6) is 5.75 Å². The molecule has 3 nitrogen and oxygen atoms in total. The Kier molecular flexibility index (Phi) is 4.46. The smallest absolute Gasteiger partial charge is 0.230 e. The third-order valence-corrected chi connectivity index (χ3v) is 4.07. The van der Waals surface area contributed by atoms with Crippen molar-refractivity contribution >= 4 is 5.91 Å². The first kappa shape index (κ1) is 13.9. The molecule has 0 unspecified atom stereocenters. The molecule has 1 aliphatic carbocycles. The van der Waals surface area contributed by atoms with E-state index in [9.17, 15) is 4.79 Å². The fourth-order valence-corrected chi connectivity index (χ4v) is 2.94. The summed E-state index contributed by atoms with van der Waals surface area (Å²) >= 11 is 0. The van der Waals surface area contributed by atoms with E-state index in [4.69, 9.17) is 4.74 Å². The third-order valence-electron chi connectivity index (χ3n) is 4.07. The van der Waals surface area contributed by atoms with Gasteiger partial charge in [-0.2, -0.15) is 0 Å². The van der Waals surface area contributed by atoms with E-state index in [2.05, 4.69) is 12.2 Å². The number of amides is 1.